The van der Waals surface area contributed by atoms with Gasteiger partial charge in [-0.3, -0.25) is 13.8 Å². The molecule has 1 saturated heterocycles. The molecule has 2 amide bonds. The van der Waals surface area contributed by atoms with Gasteiger partial charge in [0, 0.05) is 29.4 Å². The van der Waals surface area contributed by atoms with E-state index in [2.05, 4.69) is 5.32 Å². The van der Waals surface area contributed by atoms with E-state index < -0.39 is 22.9 Å². The lowest BCUT2D eigenvalue weighted by Crippen LogP contribution is -2.65. The molecule has 0 saturated carbocycles. The van der Waals surface area contributed by atoms with E-state index in [9.17, 15) is 13.8 Å². The zero-order valence-electron chi connectivity index (χ0n) is 13.0. The van der Waals surface area contributed by atoms with Crippen LogP contribution in [0.15, 0.2) is 0 Å². The molecule has 5 nitrogen and oxygen atoms in total. The number of nitrogens with one attached hydrogen (secondary N) is 1. The van der Waals surface area contributed by atoms with Crippen LogP contribution in [0.4, 0.5) is 0 Å². The van der Waals surface area contributed by atoms with E-state index in [1.807, 2.05) is 27.7 Å². The first-order chi connectivity index (χ1) is 9.23. The monoisotopic (exact) mass is 302 g/mol. The van der Waals surface area contributed by atoms with Crippen LogP contribution in [0, 0.1) is 11.8 Å². The highest BCUT2D eigenvalue weighted by Gasteiger charge is 2.41. The lowest BCUT2D eigenvalue weighted by molar-refractivity contribution is -0.151. The zero-order valence-corrected chi connectivity index (χ0v) is 13.8. The van der Waals surface area contributed by atoms with E-state index in [4.69, 9.17) is 0 Å². The number of amides is 2. The van der Waals surface area contributed by atoms with Crippen molar-refractivity contribution in [1.29, 1.82) is 0 Å². The highest BCUT2D eigenvalue weighted by atomic mass is 32.2. The van der Waals surface area contributed by atoms with Gasteiger partial charge in [-0.15, -0.1) is 0 Å². The summed E-state index contributed by atoms with van der Waals surface area (Å²) in [5.74, 6) is 0.664. The lowest BCUT2D eigenvalue weighted by Gasteiger charge is -2.41. The second-order valence-corrected chi connectivity index (χ2v) is 7.74. The van der Waals surface area contributed by atoms with Gasteiger partial charge in [-0.1, -0.05) is 27.7 Å². The summed E-state index contributed by atoms with van der Waals surface area (Å²) in [5, 5.41) is 2.84. The summed E-state index contributed by atoms with van der Waals surface area (Å²) < 4.78 is 11.3. The maximum Gasteiger partial charge on any atom is 0.245 e. The number of rotatable bonds is 6. The zero-order chi connectivity index (χ0) is 15.4. The fraction of sp³-hybridized carbons (Fsp3) is 0.857. The number of piperazine rings is 1. The average molecular weight is 302 g/mol. The molecule has 6 heteroatoms. The van der Waals surface area contributed by atoms with Crippen LogP contribution in [0.1, 0.15) is 34.1 Å². The predicted octanol–water partition coefficient (Wildman–Crippen LogP) is 0.763. The number of nitrogens with zero attached hydrogens (tertiary/aromatic N) is 1. The van der Waals surface area contributed by atoms with Crippen molar-refractivity contribution in [3.63, 3.8) is 0 Å². The van der Waals surface area contributed by atoms with Crippen LogP contribution in [0.3, 0.4) is 0 Å². The molecule has 3 unspecified atom stereocenters. The van der Waals surface area contributed by atoms with Gasteiger partial charge < -0.3 is 10.2 Å². The molecule has 3 atom stereocenters. The fourth-order valence-corrected chi connectivity index (χ4v) is 3.02. The van der Waals surface area contributed by atoms with Crippen LogP contribution in [-0.4, -0.2) is 51.6 Å². The summed E-state index contributed by atoms with van der Waals surface area (Å²) in [5.41, 5.74) is 0. The maximum absolute atomic E-state index is 12.5. The Kier molecular flexibility index (Phi) is 6.17. The summed E-state index contributed by atoms with van der Waals surface area (Å²) >= 11 is 0. The summed E-state index contributed by atoms with van der Waals surface area (Å²) in [6.45, 7) is 8.29. The lowest BCUT2D eigenvalue weighted by atomic mass is 9.94. The number of carbonyl (C=O) groups is 2. The van der Waals surface area contributed by atoms with Crippen molar-refractivity contribution in [2.45, 2.75) is 46.2 Å². The van der Waals surface area contributed by atoms with Crippen LogP contribution in [-0.2, 0) is 20.4 Å². The van der Waals surface area contributed by atoms with Gasteiger partial charge >= 0.3 is 0 Å². The maximum atomic E-state index is 12.5. The molecular formula is C14H26N2O3S. The first-order valence-corrected chi connectivity index (χ1v) is 8.87. The number of carbonyl (C=O) groups excluding carboxylic acids is 2. The Morgan fingerprint density at radius 2 is 1.85 bits per heavy atom. The van der Waals surface area contributed by atoms with E-state index in [0.717, 1.165) is 0 Å². The number of hydrogen-bond donors (Lipinski definition) is 1. The van der Waals surface area contributed by atoms with Gasteiger partial charge in [-0.05, 0) is 18.3 Å². The third-order valence-corrected chi connectivity index (χ3v) is 4.22. The minimum atomic E-state index is -0.969. The van der Waals surface area contributed by atoms with Gasteiger partial charge in [0.1, 0.15) is 12.1 Å². The van der Waals surface area contributed by atoms with Gasteiger partial charge in [0.2, 0.25) is 11.8 Å². The van der Waals surface area contributed by atoms with Crippen LogP contribution in [0.5, 0.6) is 0 Å². The molecule has 0 aromatic rings. The van der Waals surface area contributed by atoms with Crippen LogP contribution < -0.4 is 5.32 Å². The Morgan fingerprint density at radius 1 is 1.25 bits per heavy atom. The van der Waals surface area contributed by atoms with E-state index in [1.54, 1.807) is 11.2 Å². The summed E-state index contributed by atoms with van der Waals surface area (Å²) in [7, 11) is -0.969. The second kappa shape index (κ2) is 7.20. The van der Waals surface area contributed by atoms with Crippen molar-refractivity contribution in [1.82, 2.24) is 10.2 Å². The molecule has 1 aliphatic heterocycles. The fourth-order valence-electron chi connectivity index (χ4n) is 2.57. The molecule has 1 N–H and O–H groups in total. The average Bonchev–Trinajstić information content (AvgIpc) is 2.29. The molecule has 1 heterocycles. The van der Waals surface area contributed by atoms with E-state index in [1.165, 1.54) is 0 Å². The normalized spacial score (nSPS) is 25.2. The Bertz CT molecular complexity index is 396. The molecule has 0 radical (unpaired) electrons. The quantitative estimate of drug-likeness (QED) is 0.788. The molecular weight excluding hydrogens is 276 g/mol. The van der Waals surface area contributed by atoms with E-state index >= 15 is 0 Å². The Morgan fingerprint density at radius 3 is 2.30 bits per heavy atom. The van der Waals surface area contributed by atoms with Crippen LogP contribution in [0.2, 0.25) is 0 Å². The number of hydrogen-bond acceptors (Lipinski definition) is 3. The van der Waals surface area contributed by atoms with Crippen LogP contribution >= 0.6 is 0 Å². The molecule has 116 valence electrons. The Hall–Kier alpha value is -0.910. The van der Waals surface area contributed by atoms with Gasteiger partial charge in [-0.2, -0.15) is 0 Å². The van der Waals surface area contributed by atoms with Crippen molar-refractivity contribution in [3.05, 3.63) is 0 Å². The first kappa shape index (κ1) is 17.1. The summed E-state index contributed by atoms with van der Waals surface area (Å²) in [4.78, 5) is 26.4. The molecule has 0 aromatic carbocycles. The highest BCUT2D eigenvalue weighted by Crippen LogP contribution is 2.20. The standard InChI is InChI=1S/C14H26N2O3S/c1-9(2)8-11-14(18)16(6-7-20(5)19)12(10(3)4)13(17)15-11/h9-12H,6-8H2,1-5H3,(H,15,17). The Labute approximate surface area is 123 Å². The van der Waals surface area contributed by atoms with Crippen LogP contribution in [0.25, 0.3) is 0 Å². The predicted molar refractivity (Wildman–Crippen MR) is 80.7 cm³/mol. The van der Waals surface area contributed by atoms with E-state index in [0.29, 0.717) is 24.6 Å². The minimum absolute atomic E-state index is 0.0394. The second-order valence-electron chi connectivity index (χ2n) is 6.19. The summed E-state index contributed by atoms with van der Waals surface area (Å²) in [6.07, 6.45) is 2.26. The van der Waals surface area contributed by atoms with Crippen molar-refractivity contribution in [3.8, 4) is 0 Å². The van der Waals surface area contributed by atoms with Gasteiger partial charge in [0.15, 0.2) is 0 Å². The summed E-state index contributed by atoms with van der Waals surface area (Å²) in [6, 6.07) is -0.891. The van der Waals surface area contributed by atoms with Gasteiger partial charge in [-0.25, -0.2) is 0 Å². The molecule has 0 spiro atoms. The van der Waals surface area contributed by atoms with Gasteiger partial charge in [0.05, 0.1) is 0 Å². The molecule has 1 rings (SSSR count). The third kappa shape index (κ3) is 4.30. The van der Waals surface area contributed by atoms with Crippen molar-refractivity contribution in [2.24, 2.45) is 11.8 Å². The molecule has 20 heavy (non-hydrogen) atoms. The Balaban J connectivity index is 2.91. The highest BCUT2D eigenvalue weighted by molar-refractivity contribution is 7.84. The third-order valence-electron chi connectivity index (χ3n) is 3.46. The first-order valence-electron chi connectivity index (χ1n) is 7.15. The smallest absolute Gasteiger partial charge is 0.245 e. The molecule has 0 bridgehead atoms. The topological polar surface area (TPSA) is 66.5 Å². The van der Waals surface area contributed by atoms with Crippen molar-refractivity contribution in [2.75, 3.05) is 18.6 Å². The minimum Gasteiger partial charge on any atom is -0.342 e. The van der Waals surface area contributed by atoms with Crippen molar-refractivity contribution < 1.29 is 13.8 Å². The molecule has 1 fully saturated rings. The molecule has 1 aliphatic rings. The van der Waals surface area contributed by atoms with Gasteiger partial charge in [0.25, 0.3) is 0 Å². The SMILES string of the molecule is CC(C)CC1NC(=O)C(C(C)C)N(CCS(C)=O)C1=O. The van der Waals surface area contributed by atoms with Crippen molar-refractivity contribution >= 4 is 22.6 Å². The van der Waals surface area contributed by atoms with E-state index in [-0.39, 0.29) is 17.7 Å². The largest absolute Gasteiger partial charge is 0.342 e. The molecule has 0 aliphatic carbocycles. The molecule has 0 aromatic heterocycles.